The van der Waals surface area contributed by atoms with Gasteiger partial charge in [-0.2, -0.15) is 0 Å². The van der Waals surface area contributed by atoms with E-state index in [9.17, 15) is 0 Å². The molecule has 0 fully saturated rings. The number of anilines is 1. The average Bonchev–Trinajstić information content (AvgIpc) is 2.80. The molecule has 0 aromatic heterocycles. The molecule has 0 amide bonds. The largest absolute Gasteiger partial charge is 0.356 e. The first kappa shape index (κ1) is 17.5. The molecule has 0 saturated carbocycles. The summed E-state index contributed by atoms with van der Waals surface area (Å²) in [5.74, 6) is 0.436. The third-order valence-electron chi connectivity index (χ3n) is 5.58. The Kier molecular flexibility index (Phi) is 4.72. The topological polar surface area (TPSA) is 12.0 Å². The number of benzene rings is 4. The summed E-state index contributed by atoms with van der Waals surface area (Å²) >= 11 is 0. The molecule has 1 unspecified atom stereocenters. The molecule has 29 heavy (non-hydrogen) atoms. The number of nitrogens with one attached hydrogen (secondary N) is 1. The molecule has 0 heterocycles. The first-order chi connectivity index (χ1) is 14.3. The highest BCUT2D eigenvalue weighted by Crippen LogP contribution is 2.30. The summed E-state index contributed by atoms with van der Waals surface area (Å²) < 4.78 is 0. The Balaban J connectivity index is 1.27. The van der Waals surface area contributed by atoms with Crippen LogP contribution in [0.5, 0.6) is 0 Å². The van der Waals surface area contributed by atoms with Crippen molar-refractivity contribution in [2.45, 2.75) is 12.3 Å². The van der Waals surface area contributed by atoms with Crippen LogP contribution in [0.3, 0.4) is 0 Å². The number of rotatable bonds is 4. The lowest BCUT2D eigenvalue weighted by atomic mass is 9.90. The Morgan fingerprint density at radius 2 is 1.38 bits per heavy atom. The van der Waals surface area contributed by atoms with Crippen molar-refractivity contribution in [1.29, 1.82) is 0 Å². The zero-order chi connectivity index (χ0) is 19.5. The molecule has 1 atom stereocenters. The second-order valence-corrected chi connectivity index (χ2v) is 7.54. The third kappa shape index (κ3) is 3.86. The predicted molar refractivity (Wildman–Crippen MR) is 124 cm³/mol. The van der Waals surface area contributed by atoms with E-state index in [1.54, 1.807) is 0 Å². The van der Waals surface area contributed by atoms with Crippen molar-refractivity contribution in [3.63, 3.8) is 0 Å². The summed E-state index contributed by atoms with van der Waals surface area (Å²) in [5.41, 5.74) is 6.14. The van der Waals surface area contributed by atoms with E-state index in [4.69, 9.17) is 0 Å². The first-order valence-corrected chi connectivity index (χ1v) is 10.1. The number of hydrogen-bond donors (Lipinski definition) is 1. The Hall–Kier alpha value is -3.58. The van der Waals surface area contributed by atoms with Gasteiger partial charge in [0, 0.05) is 17.3 Å². The van der Waals surface area contributed by atoms with Crippen LogP contribution in [0, 0.1) is 0 Å². The molecule has 4 aromatic rings. The predicted octanol–water partition coefficient (Wildman–Crippen LogP) is 7.55. The average molecular weight is 373 g/mol. The smallest absolute Gasteiger partial charge is 0.0384 e. The number of fused-ring (bicyclic) bond motifs is 1. The normalized spacial score (nSPS) is 15.9. The van der Waals surface area contributed by atoms with Gasteiger partial charge in [0.2, 0.25) is 0 Å². The van der Waals surface area contributed by atoms with Crippen molar-refractivity contribution >= 4 is 16.5 Å². The van der Waals surface area contributed by atoms with Crippen molar-refractivity contribution in [1.82, 2.24) is 0 Å². The van der Waals surface area contributed by atoms with Crippen LogP contribution in [0.15, 0.2) is 121 Å². The van der Waals surface area contributed by atoms with Crippen molar-refractivity contribution in [2.75, 3.05) is 5.32 Å². The summed E-state index contributed by atoms with van der Waals surface area (Å²) in [6.45, 7) is 0. The quantitative estimate of drug-likeness (QED) is 0.389. The Morgan fingerprint density at radius 1 is 0.655 bits per heavy atom. The minimum atomic E-state index is 0.436. The van der Waals surface area contributed by atoms with E-state index < -0.39 is 0 Å². The molecular weight excluding hydrogens is 350 g/mol. The molecule has 0 saturated heterocycles. The molecule has 0 bridgehead atoms. The van der Waals surface area contributed by atoms with Crippen LogP contribution in [0.1, 0.15) is 17.9 Å². The standard InChI is InChI=1S/C28H23N/c1-2-6-21(7-3-1)23-12-16-27(17-13-23)29-28-18-14-24(15-19-28)26-11-10-22-8-4-5-9-25(22)20-26/h1-14,16-20,24,29H,15H2. The monoisotopic (exact) mass is 373 g/mol. The minimum absolute atomic E-state index is 0.436. The lowest BCUT2D eigenvalue weighted by Gasteiger charge is -2.18. The highest BCUT2D eigenvalue weighted by atomic mass is 14.9. The molecule has 1 aliphatic rings. The van der Waals surface area contributed by atoms with Crippen LogP contribution in [-0.2, 0) is 0 Å². The van der Waals surface area contributed by atoms with Gasteiger partial charge < -0.3 is 5.32 Å². The summed E-state index contributed by atoms with van der Waals surface area (Å²) in [5, 5.41) is 6.14. The summed E-state index contributed by atoms with van der Waals surface area (Å²) in [7, 11) is 0. The van der Waals surface area contributed by atoms with Gasteiger partial charge in [-0.3, -0.25) is 0 Å². The van der Waals surface area contributed by atoms with E-state index in [1.165, 1.54) is 27.5 Å². The molecule has 0 aliphatic heterocycles. The molecule has 5 rings (SSSR count). The molecule has 1 nitrogen and oxygen atoms in total. The van der Waals surface area contributed by atoms with Crippen LogP contribution >= 0.6 is 0 Å². The van der Waals surface area contributed by atoms with Gasteiger partial charge in [-0.15, -0.1) is 0 Å². The molecule has 1 aliphatic carbocycles. The molecule has 0 spiro atoms. The van der Waals surface area contributed by atoms with Crippen molar-refractivity contribution in [2.24, 2.45) is 0 Å². The maximum absolute atomic E-state index is 3.54. The van der Waals surface area contributed by atoms with Gasteiger partial charge in [-0.1, -0.05) is 97.1 Å². The van der Waals surface area contributed by atoms with Gasteiger partial charge >= 0.3 is 0 Å². The Bertz CT molecular complexity index is 1180. The molecule has 0 radical (unpaired) electrons. The fraction of sp³-hybridized carbons (Fsp3) is 0.0714. The van der Waals surface area contributed by atoms with E-state index in [-0.39, 0.29) is 0 Å². The van der Waals surface area contributed by atoms with Crippen molar-refractivity contribution in [3.05, 3.63) is 127 Å². The molecule has 1 N–H and O–H groups in total. The number of allylic oxidation sites excluding steroid dienone is 3. The van der Waals surface area contributed by atoms with Crippen molar-refractivity contribution in [3.8, 4) is 11.1 Å². The summed E-state index contributed by atoms with van der Waals surface area (Å²) in [4.78, 5) is 0. The fourth-order valence-electron chi connectivity index (χ4n) is 3.94. The van der Waals surface area contributed by atoms with E-state index in [0.717, 1.165) is 17.8 Å². The molecule has 1 heteroatoms. The second kappa shape index (κ2) is 7.81. The van der Waals surface area contributed by atoms with Crippen LogP contribution in [0.2, 0.25) is 0 Å². The highest BCUT2D eigenvalue weighted by Gasteiger charge is 2.12. The summed E-state index contributed by atoms with van der Waals surface area (Å²) in [6.07, 6.45) is 7.82. The van der Waals surface area contributed by atoms with Crippen LogP contribution in [0.25, 0.3) is 21.9 Å². The maximum Gasteiger partial charge on any atom is 0.0384 e. The van der Waals surface area contributed by atoms with Crippen molar-refractivity contribution < 1.29 is 0 Å². The van der Waals surface area contributed by atoms with Gasteiger partial charge in [0.25, 0.3) is 0 Å². The van der Waals surface area contributed by atoms with E-state index >= 15 is 0 Å². The van der Waals surface area contributed by atoms with E-state index in [2.05, 4.69) is 115 Å². The Labute approximate surface area is 172 Å². The van der Waals surface area contributed by atoms with Gasteiger partial charge in [0.05, 0.1) is 0 Å². The van der Waals surface area contributed by atoms with Gasteiger partial charge in [-0.25, -0.2) is 0 Å². The van der Waals surface area contributed by atoms with Gasteiger partial charge in [-0.05, 0) is 52.1 Å². The van der Waals surface area contributed by atoms with E-state index in [0.29, 0.717) is 5.92 Å². The molecular formula is C28H23N. The molecule has 4 aromatic carbocycles. The van der Waals surface area contributed by atoms with Crippen LogP contribution < -0.4 is 5.32 Å². The van der Waals surface area contributed by atoms with Gasteiger partial charge in [0.15, 0.2) is 0 Å². The zero-order valence-electron chi connectivity index (χ0n) is 16.3. The second-order valence-electron chi connectivity index (χ2n) is 7.54. The lowest BCUT2D eigenvalue weighted by Crippen LogP contribution is -2.04. The fourth-order valence-corrected chi connectivity index (χ4v) is 3.94. The summed E-state index contributed by atoms with van der Waals surface area (Å²) in [6, 6.07) is 34.5. The van der Waals surface area contributed by atoms with Crippen LogP contribution in [-0.4, -0.2) is 0 Å². The highest BCUT2D eigenvalue weighted by molar-refractivity contribution is 5.83. The first-order valence-electron chi connectivity index (χ1n) is 10.1. The minimum Gasteiger partial charge on any atom is -0.356 e. The molecule has 140 valence electrons. The van der Waals surface area contributed by atoms with Crippen LogP contribution in [0.4, 0.5) is 5.69 Å². The zero-order valence-corrected chi connectivity index (χ0v) is 16.3. The van der Waals surface area contributed by atoms with E-state index in [1.807, 2.05) is 6.07 Å². The third-order valence-corrected chi connectivity index (χ3v) is 5.58. The van der Waals surface area contributed by atoms with Gasteiger partial charge in [0.1, 0.15) is 0 Å². The number of hydrogen-bond acceptors (Lipinski definition) is 1. The maximum atomic E-state index is 3.54. The Morgan fingerprint density at radius 3 is 2.14 bits per heavy atom. The SMILES string of the molecule is C1=CC(c2ccc3ccccc3c2)CC=C1Nc1ccc(-c2ccccc2)cc1. The lowest BCUT2D eigenvalue weighted by molar-refractivity contribution is 0.847.